The molecule has 0 spiro atoms. The van der Waals surface area contributed by atoms with Crippen molar-refractivity contribution < 1.29 is 4.42 Å². The minimum absolute atomic E-state index is 0.138. The highest BCUT2D eigenvalue weighted by Gasteiger charge is 2.12. The van der Waals surface area contributed by atoms with Crippen LogP contribution in [0.25, 0.3) is 0 Å². The second-order valence-electron chi connectivity index (χ2n) is 5.89. The lowest BCUT2D eigenvalue weighted by Crippen LogP contribution is -2.06. The van der Waals surface area contributed by atoms with Crippen molar-refractivity contribution in [3.05, 3.63) is 71.1 Å². The third kappa shape index (κ3) is 3.70. The minimum atomic E-state index is 0.138. The number of nitrogens with zero attached hydrogens (tertiary/aromatic N) is 3. The molecule has 0 saturated carbocycles. The van der Waals surface area contributed by atoms with Crippen LogP contribution in [0.15, 0.2) is 47.5 Å². The van der Waals surface area contributed by atoms with Crippen LogP contribution in [0, 0.1) is 16.7 Å². The number of aryl methyl sites for hydroxylation is 2. The quantitative estimate of drug-likeness (QED) is 0.610. The summed E-state index contributed by atoms with van der Waals surface area (Å²) < 4.78 is 4.99. The molecule has 7 nitrogen and oxygen atoms in total. The summed E-state index contributed by atoms with van der Waals surface area (Å²) in [6.45, 7) is 0. The van der Waals surface area contributed by atoms with E-state index < -0.39 is 0 Å². The van der Waals surface area contributed by atoms with Crippen LogP contribution in [0.3, 0.4) is 0 Å². The van der Waals surface area contributed by atoms with Crippen LogP contribution in [-0.4, -0.2) is 15.7 Å². The van der Waals surface area contributed by atoms with Gasteiger partial charge in [-0.05, 0) is 48.6 Å². The van der Waals surface area contributed by atoms with Gasteiger partial charge in [0.2, 0.25) is 0 Å². The van der Waals surface area contributed by atoms with E-state index in [4.69, 9.17) is 26.6 Å². The summed E-state index contributed by atoms with van der Waals surface area (Å²) in [7, 11) is 0. The molecule has 0 saturated heterocycles. The number of nitrogen functional groups attached to an aromatic ring is 2. The normalized spacial score (nSPS) is 11.8. The van der Waals surface area contributed by atoms with Crippen molar-refractivity contribution in [2.45, 2.75) is 19.3 Å². The number of pyridine rings is 1. The van der Waals surface area contributed by atoms with E-state index >= 15 is 0 Å². The molecule has 1 aliphatic rings. The summed E-state index contributed by atoms with van der Waals surface area (Å²) >= 11 is 0. The second-order valence-corrected chi connectivity index (χ2v) is 5.89. The lowest BCUT2D eigenvalue weighted by Gasteiger charge is -2.04. The van der Waals surface area contributed by atoms with Crippen molar-refractivity contribution in [2.75, 3.05) is 11.5 Å². The van der Waals surface area contributed by atoms with Crippen LogP contribution >= 0.6 is 0 Å². The van der Waals surface area contributed by atoms with Crippen LogP contribution < -0.4 is 11.5 Å². The Labute approximate surface area is 150 Å². The fourth-order valence-corrected chi connectivity index (χ4v) is 2.81. The Balaban J connectivity index is 0.000000158. The van der Waals surface area contributed by atoms with Gasteiger partial charge >= 0.3 is 0 Å². The first-order chi connectivity index (χ1) is 12.6. The van der Waals surface area contributed by atoms with Crippen LogP contribution in [0.5, 0.6) is 0 Å². The summed E-state index contributed by atoms with van der Waals surface area (Å²) in [5.74, 6) is 0.649. The minimum Gasteiger partial charge on any atom is -0.442 e. The molecule has 2 aromatic heterocycles. The molecule has 130 valence electrons. The smallest absolute Gasteiger partial charge is 0.181 e. The summed E-state index contributed by atoms with van der Waals surface area (Å²) in [6, 6.07) is 9.69. The summed E-state index contributed by atoms with van der Waals surface area (Å²) in [4.78, 5) is 7.54. The molecular formula is C19H18N6O. The largest absolute Gasteiger partial charge is 0.442 e. The van der Waals surface area contributed by atoms with Crippen molar-refractivity contribution in [3.63, 3.8) is 0 Å². The molecule has 5 N–H and O–H groups in total. The Hall–Kier alpha value is -3.66. The molecule has 0 unspecified atom stereocenters. The fraction of sp³-hybridized carbons (Fsp3) is 0.158. The number of hydrogen-bond donors (Lipinski definition) is 3. The molecule has 0 amide bonds. The van der Waals surface area contributed by atoms with E-state index in [0.717, 1.165) is 12.0 Å². The first-order valence-electron chi connectivity index (χ1n) is 8.09. The van der Waals surface area contributed by atoms with Gasteiger partial charge in [0.15, 0.2) is 12.2 Å². The van der Waals surface area contributed by atoms with Gasteiger partial charge in [-0.15, -0.1) is 0 Å². The molecular weight excluding hydrogens is 328 g/mol. The second kappa shape index (κ2) is 7.49. The topological polar surface area (TPSA) is 139 Å². The Kier molecular flexibility index (Phi) is 4.94. The summed E-state index contributed by atoms with van der Waals surface area (Å²) in [6.07, 6.45) is 7.72. The van der Waals surface area contributed by atoms with Crippen molar-refractivity contribution in [1.82, 2.24) is 9.97 Å². The molecule has 7 heteroatoms. The van der Waals surface area contributed by atoms with E-state index in [0.29, 0.717) is 22.8 Å². The van der Waals surface area contributed by atoms with Gasteiger partial charge in [-0.1, -0.05) is 6.07 Å². The molecule has 0 aliphatic heterocycles. The monoisotopic (exact) mass is 346 g/mol. The predicted molar refractivity (Wildman–Crippen MR) is 98.7 cm³/mol. The number of oxazole rings is 1. The number of nitrogens with two attached hydrogens (primary N) is 2. The lowest BCUT2D eigenvalue weighted by molar-refractivity contribution is 0.548. The fourth-order valence-electron chi connectivity index (χ4n) is 2.81. The number of aromatic nitrogens is 2. The number of benzene rings is 1. The summed E-state index contributed by atoms with van der Waals surface area (Å²) in [5.41, 5.74) is 15.8. The highest BCUT2D eigenvalue weighted by atomic mass is 16.3. The van der Waals surface area contributed by atoms with Gasteiger partial charge in [0.1, 0.15) is 11.5 Å². The number of hydrogen-bond acceptors (Lipinski definition) is 7. The van der Waals surface area contributed by atoms with Crippen molar-refractivity contribution in [1.29, 1.82) is 10.7 Å². The number of nitriles is 1. The van der Waals surface area contributed by atoms with E-state index in [-0.39, 0.29) is 5.71 Å². The number of fused-ring (bicyclic) bond motifs is 1. The van der Waals surface area contributed by atoms with Crippen LogP contribution in [-0.2, 0) is 12.8 Å². The zero-order valence-corrected chi connectivity index (χ0v) is 14.1. The van der Waals surface area contributed by atoms with Crippen molar-refractivity contribution in [2.24, 2.45) is 0 Å². The first kappa shape index (κ1) is 17.2. The average molecular weight is 346 g/mol. The van der Waals surface area contributed by atoms with Gasteiger partial charge in [-0.3, -0.25) is 5.41 Å². The van der Waals surface area contributed by atoms with Crippen LogP contribution in [0.2, 0.25) is 0 Å². The standard InChI is InChI=1S/C10H9N.C9H9N5O/c11-7-8-4-5-9-2-1-3-10(9)6-8;10-6-2-14-8(11)1-5(6)9(12)7-3-13-4-15-7/h4-6H,1-3H2;1-4,12H,10H2,(H2,11,14). The van der Waals surface area contributed by atoms with Gasteiger partial charge in [0.25, 0.3) is 0 Å². The Bertz CT molecular complexity index is 972. The van der Waals surface area contributed by atoms with Gasteiger partial charge in [0, 0.05) is 5.56 Å². The lowest BCUT2D eigenvalue weighted by atomic mass is 10.1. The molecule has 0 fully saturated rings. The van der Waals surface area contributed by atoms with E-state index in [9.17, 15) is 0 Å². The van der Waals surface area contributed by atoms with E-state index in [1.54, 1.807) is 0 Å². The molecule has 26 heavy (non-hydrogen) atoms. The van der Waals surface area contributed by atoms with E-state index in [1.165, 1.54) is 48.8 Å². The number of nitrogens with one attached hydrogen (secondary N) is 1. The zero-order valence-electron chi connectivity index (χ0n) is 14.1. The molecule has 0 radical (unpaired) electrons. The van der Waals surface area contributed by atoms with Gasteiger partial charge in [0.05, 0.1) is 29.7 Å². The Morgan fingerprint density at radius 3 is 2.69 bits per heavy atom. The number of rotatable bonds is 2. The van der Waals surface area contributed by atoms with E-state index in [1.807, 2.05) is 12.1 Å². The predicted octanol–water partition coefficient (Wildman–Crippen LogP) is 2.70. The average Bonchev–Trinajstić information content (AvgIpc) is 3.34. The van der Waals surface area contributed by atoms with Gasteiger partial charge in [-0.25, -0.2) is 9.97 Å². The number of anilines is 2. The van der Waals surface area contributed by atoms with Crippen LogP contribution in [0.1, 0.15) is 34.4 Å². The van der Waals surface area contributed by atoms with Crippen molar-refractivity contribution in [3.8, 4) is 6.07 Å². The highest BCUT2D eigenvalue weighted by molar-refractivity contribution is 6.12. The van der Waals surface area contributed by atoms with Gasteiger partial charge in [-0.2, -0.15) is 5.26 Å². The molecule has 1 aliphatic carbocycles. The Morgan fingerprint density at radius 1 is 1.15 bits per heavy atom. The first-order valence-corrected chi connectivity index (χ1v) is 8.09. The van der Waals surface area contributed by atoms with E-state index in [2.05, 4.69) is 22.1 Å². The third-order valence-corrected chi connectivity index (χ3v) is 4.13. The van der Waals surface area contributed by atoms with Crippen molar-refractivity contribution >= 4 is 17.2 Å². The maximum Gasteiger partial charge on any atom is 0.181 e. The molecule has 1 aromatic carbocycles. The molecule has 0 atom stereocenters. The highest BCUT2D eigenvalue weighted by Crippen LogP contribution is 2.22. The molecule has 0 bridgehead atoms. The molecule has 3 aromatic rings. The Morgan fingerprint density at radius 2 is 1.96 bits per heavy atom. The molecule has 2 heterocycles. The van der Waals surface area contributed by atoms with Gasteiger partial charge < -0.3 is 15.9 Å². The SMILES string of the molecule is N#Cc1ccc2c(c1)CCC2.N=C(c1cnco1)c1cc(N)ncc1N. The summed E-state index contributed by atoms with van der Waals surface area (Å²) in [5, 5.41) is 16.4. The third-order valence-electron chi connectivity index (χ3n) is 4.13. The maximum absolute atomic E-state index is 8.62. The molecule has 4 rings (SSSR count). The van der Waals surface area contributed by atoms with Crippen LogP contribution in [0.4, 0.5) is 11.5 Å². The zero-order chi connectivity index (χ0) is 18.5. The maximum atomic E-state index is 8.62.